The van der Waals surface area contributed by atoms with Crippen LogP contribution >= 0.6 is 23.2 Å². The van der Waals surface area contributed by atoms with Crippen LogP contribution in [0.25, 0.3) is 0 Å². The Bertz CT molecular complexity index is 371. The third kappa shape index (κ3) is 1.79. The molecule has 1 amide bonds. The first-order valence-electron chi connectivity index (χ1n) is 7.16. The van der Waals surface area contributed by atoms with Crippen molar-refractivity contribution in [3.8, 4) is 0 Å². The van der Waals surface area contributed by atoms with Crippen LogP contribution in [-0.2, 0) is 4.79 Å². The maximum atomic E-state index is 12.2. The van der Waals surface area contributed by atoms with Crippen molar-refractivity contribution in [2.45, 2.75) is 54.8 Å². The van der Waals surface area contributed by atoms with E-state index in [9.17, 15) is 4.79 Å². The largest absolute Gasteiger partial charge is 0.350 e. The molecule has 5 rings (SSSR count). The molecule has 0 aromatic rings. The lowest BCUT2D eigenvalue weighted by atomic mass is 9.53. The van der Waals surface area contributed by atoms with E-state index in [4.69, 9.17) is 23.2 Å². The Balaban J connectivity index is 1.49. The van der Waals surface area contributed by atoms with E-state index in [1.807, 2.05) is 0 Å². The molecule has 1 atom stereocenters. The molecule has 0 aliphatic heterocycles. The van der Waals surface area contributed by atoms with Crippen molar-refractivity contribution in [1.29, 1.82) is 0 Å². The van der Waals surface area contributed by atoms with Gasteiger partial charge < -0.3 is 5.32 Å². The van der Waals surface area contributed by atoms with Crippen LogP contribution in [0.4, 0.5) is 0 Å². The van der Waals surface area contributed by atoms with Gasteiger partial charge in [0.15, 0.2) is 0 Å². The van der Waals surface area contributed by atoms with Crippen LogP contribution in [0.3, 0.4) is 0 Å². The zero-order valence-corrected chi connectivity index (χ0v) is 11.9. The Labute approximate surface area is 118 Å². The zero-order valence-electron chi connectivity index (χ0n) is 10.4. The fraction of sp³-hybridized carbons (Fsp3) is 0.929. The Morgan fingerprint density at radius 1 is 0.944 bits per heavy atom. The Morgan fingerprint density at radius 3 is 1.78 bits per heavy atom. The molecule has 0 saturated heterocycles. The number of carbonyl (C=O) groups is 1. The highest BCUT2D eigenvalue weighted by Crippen LogP contribution is 2.57. The van der Waals surface area contributed by atoms with Crippen molar-refractivity contribution in [3.05, 3.63) is 0 Å². The lowest BCUT2D eigenvalue weighted by Crippen LogP contribution is -2.60. The molecular formula is C14H19Cl2NO. The van der Waals surface area contributed by atoms with E-state index in [0.717, 1.165) is 17.8 Å². The highest BCUT2D eigenvalue weighted by atomic mass is 35.5. The van der Waals surface area contributed by atoms with Crippen molar-refractivity contribution in [2.75, 3.05) is 0 Å². The lowest BCUT2D eigenvalue weighted by Gasteiger charge is -2.57. The molecule has 18 heavy (non-hydrogen) atoms. The third-order valence-electron chi connectivity index (χ3n) is 5.57. The predicted octanol–water partition coefficient (Wildman–Crippen LogP) is 3.27. The molecule has 4 heteroatoms. The molecule has 4 bridgehead atoms. The molecule has 0 heterocycles. The molecule has 0 spiro atoms. The van der Waals surface area contributed by atoms with Crippen molar-refractivity contribution in [1.82, 2.24) is 5.32 Å². The normalized spacial score (nSPS) is 51.2. The van der Waals surface area contributed by atoms with Crippen LogP contribution in [0.5, 0.6) is 0 Å². The number of nitrogens with one attached hydrogen (secondary N) is 1. The van der Waals surface area contributed by atoms with Gasteiger partial charge in [-0.15, -0.1) is 23.2 Å². The van der Waals surface area contributed by atoms with Gasteiger partial charge in [-0.05, 0) is 62.7 Å². The Morgan fingerprint density at radius 2 is 1.39 bits per heavy atom. The molecule has 5 aliphatic rings. The van der Waals surface area contributed by atoms with E-state index in [-0.39, 0.29) is 17.4 Å². The maximum absolute atomic E-state index is 12.2. The number of amides is 1. The van der Waals surface area contributed by atoms with Crippen molar-refractivity contribution >= 4 is 29.1 Å². The average molecular weight is 288 g/mol. The summed E-state index contributed by atoms with van der Waals surface area (Å²) in [5, 5.41) is 3.33. The summed E-state index contributed by atoms with van der Waals surface area (Å²) >= 11 is 12.0. The number of hydrogen-bond acceptors (Lipinski definition) is 1. The smallest absolute Gasteiger partial charge is 0.226 e. The van der Waals surface area contributed by atoms with Crippen molar-refractivity contribution in [3.63, 3.8) is 0 Å². The summed E-state index contributed by atoms with van der Waals surface area (Å²) in [6, 6.07) is 0. The van der Waals surface area contributed by atoms with E-state index in [1.54, 1.807) is 0 Å². The van der Waals surface area contributed by atoms with E-state index in [1.165, 1.54) is 38.5 Å². The summed E-state index contributed by atoms with van der Waals surface area (Å²) in [4.78, 5) is 12.2. The van der Waals surface area contributed by atoms with Crippen LogP contribution < -0.4 is 5.32 Å². The minimum absolute atomic E-state index is 0.0955. The molecular weight excluding hydrogens is 269 g/mol. The number of halogens is 2. The minimum Gasteiger partial charge on any atom is -0.350 e. The van der Waals surface area contributed by atoms with Gasteiger partial charge in [0.1, 0.15) is 4.33 Å². The first kappa shape index (κ1) is 11.8. The van der Waals surface area contributed by atoms with Gasteiger partial charge >= 0.3 is 0 Å². The first-order chi connectivity index (χ1) is 8.46. The van der Waals surface area contributed by atoms with Crippen LogP contribution in [0.1, 0.15) is 44.9 Å². The molecule has 0 aromatic heterocycles. The summed E-state index contributed by atoms with van der Waals surface area (Å²) < 4.78 is -0.785. The third-order valence-corrected chi connectivity index (χ3v) is 6.40. The second-order valence-corrected chi connectivity index (χ2v) is 8.75. The number of rotatable bonds is 2. The molecule has 100 valence electrons. The van der Waals surface area contributed by atoms with Crippen LogP contribution in [0.2, 0.25) is 0 Å². The molecule has 2 nitrogen and oxygen atoms in total. The number of alkyl halides is 2. The lowest BCUT2D eigenvalue weighted by molar-refractivity contribution is -0.128. The quantitative estimate of drug-likeness (QED) is 0.776. The standard InChI is InChI=1S/C14H19Cl2NO/c15-14(16)7-11(14)12(18)17-13-4-8-1-9(5-13)3-10(2-8)6-13/h8-11H,1-7H2,(H,17,18). The summed E-state index contributed by atoms with van der Waals surface area (Å²) in [5.74, 6) is 2.49. The fourth-order valence-corrected chi connectivity index (χ4v) is 5.62. The van der Waals surface area contributed by atoms with Gasteiger partial charge in [-0.1, -0.05) is 0 Å². The Kier molecular flexibility index (Phi) is 2.35. The summed E-state index contributed by atoms with van der Waals surface area (Å²) in [7, 11) is 0. The fourth-order valence-electron chi connectivity index (χ4n) is 5.11. The maximum Gasteiger partial charge on any atom is 0.226 e. The highest BCUT2D eigenvalue weighted by Gasteiger charge is 2.59. The number of carbonyl (C=O) groups excluding carboxylic acids is 1. The van der Waals surface area contributed by atoms with Gasteiger partial charge in [0, 0.05) is 5.54 Å². The Hall–Kier alpha value is 0.0500. The molecule has 1 unspecified atom stereocenters. The SMILES string of the molecule is O=C(NC12CC3CC(CC(C3)C1)C2)C1CC1(Cl)Cl. The minimum atomic E-state index is -0.785. The highest BCUT2D eigenvalue weighted by molar-refractivity contribution is 6.52. The molecule has 0 radical (unpaired) electrons. The van der Waals surface area contributed by atoms with Gasteiger partial charge in [-0.3, -0.25) is 4.79 Å². The van der Waals surface area contributed by atoms with Crippen LogP contribution in [-0.4, -0.2) is 15.8 Å². The van der Waals surface area contributed by atoms with Gasteiger partial charge in [0.05, 0.1) is 5.92 Å². The van der Waals surface area contributed by atoms with Crippen molar-refractivity contribution < 1.29 is 4.79 Å². The van der Waals surface area contributed by atoms with E-state index < -0.39 is 4.33 Å². The topological polar surface area (TPSA) is 29.1 Å². The van der Waals surface area contributed by atoms with Crippen LogP contribution in [0.15, 0.2) is 0 Å². The van der Waals surface area contributed by atoms with Gasteiger partial charge in [-0.2, -0.15) is 0 Å². The molecule has 1 N–H and O–H groups in total. The summed E-state index contributed by atoms with van der Waals surface area (Å²) in [6.07, 6.45) is 8.38. The zero-order chi connectivity index (χ0) is 12.5. The molecule has 5 fully saturated rings. The van der Waals surface area contributed by atoms with E-state index in [2.05, 4.69) is 5.32 Å². The molecule has 0 aromatic carbocycles. The monoisotopic (exact) mass is 287 g/mol. The summed E-state index contributed by atoms with van der Waals surface area (Å²) in [5.41, 5.74) is 0.0955. The first-order valence-corrected chi connectivity index (χ1v) is 7.91. The van der Waals surface area contributed by atoms with E-state index in [0.29, 0.717) is 6.42 Å². The van der Waals surface area contributed by atoms with Crippen molar-refractivity contribution in [2.24, 2.45) is 23.7 Å². The van der Waals surface area contributed by atoms with E-state index >= 15 is 0 Å². The summed E-state index contributed by atoms with van der Waals surface area (Å²) in [6.45, 7) is 0. The van der Waals surface area contributed by atoms with Gasteiger partial charge in [0.2, 0.25) is 5.91 Å². The van der Waals surface area contributed by atoms with Crippen LogP contribution in [0, 0.1) is 23.7 Å². The average Bonchev–Trinajstić information content (AvgIpc) is 2.84. The second kappa shape index (κ2) is 3.58. The second-order valence-electron chi connectivity index (χ2n) is 7.20. The predicted molar refractivity (Wildman–Crippen MR) is 71.6 cm³/mol. The van der Waals surface area contributed by atoms with Gasteiger partial charge in [-0.25, -0.2) is 0 Å². The molecule has 5 saturated carbocycles. The number of hydrogen-bond donors (Lipinski definition) is 1. The van der Waals surface area contributed by atoms with Gasteiger partial charge in [0.25, 0.3) is 0 Å². The molecule has 5 aliphatic carbocycles.